The van der Waals surface area contributed by atoms with Crippen LogP contribution in [0.4, 0.5) is 0 Å². The third kappa shape index (κ3) is 3.70. The summed E-state index contributed by atoms with van der Waals surface area (Å²) in [4.78, 5) is 31.0. The highest BCUT2D eigenvalue weighted by atomic mass is 16.7. The van der Waals surface area contributed by atoms with Crippen molar-refractivity contribution < 1.29 is 23.9 Å². The van der Waals surface area contributed by atoms with E-state index in [-0.39, 0.29) is 0 Å². The zero-order valence-corrected chi connectivity index (χ0v) is 7.04. The van der Waals surface area contributed by atoms with E-state index >= 15 is 0 Å². The van der Waals surface area contributed by atoms with E-state index in [9.17, 15) is 14.4 Å². The van der Waals surface area contributed by atoms with Crippen LogP contribution in [0.5, 0.6) is 0 Å². The Kier molecular flexibility index (Phi) is 3.40. The quantitative estimate of drug-likeness (QED) is 0.441. The van der Waals surface area contributed by atoms with Crippen molar-refractivity contribution in [1.82, 2.24) is 0 Å². The molecule has 0 heterocycles. The molecule has 0 atom stereocenters. The third-order valence-electron chi connectivity index (χ3n) is 0.862. The van der Waals surface area contributed by atoms with Gasteiger partial charge in [-0.1, -0.05) is 0 Å². The summed E-state index contributed by atoms with van der Waals surface area (Å²) in [5.41, 5.74) is 0. The van der Waals surface area contributed by atoms with Crippen LogP contribution in [0, 0.1) is 0 Å². The van der Waals surface area contributed by atoms with Gasteiger partial charge in [-0.15, -0.1) is 0 Å². The first-order chi connectivity index (χ1) is 5.39. The fourth-order valence-corrected chi connectivity index (χ4v) is 0.611. The van der Waals surface area contributed by atoms with Crippen molar-refractivity contribution in [2.45, 2.75) is 26.6 Å². The SMILES string of the molecule is CC(=O)OC(C)([C]=O)OC(C)=O. The molecule has 0 aromatic rings. The molecule has 5 nitrogen and oxygen atoms in total. The Bertz CT molecular complexity index is 192. The summed E-state index contributed by atoms with van der Waals surface area (Å²) in [7, 11) is 0. The fraction of sp³-hybridized carbons (Fsp3) is 0.571. The highest BCUT2D eigenvalue weighted by Crippen LogP contribution is 2.09. The molecule has 5 heteroatoms. The minimum atomic E-state index is -1.92. The fourth-order valence-electron chi connectivity index (χ4n) is 0.611. The molecule has 0 aromatic carbocycles. The summed E-state index contributed by atoms with van der Waals surface area (Å²) in [6.07, 6.45) is 1.30. The van der Waals surface area contributed by atoms with Crippen LogP contribution in [-0.2, 0) is 23.9 Å². The van der Waals surface area contributed by atoms with E-state index in [1.807, 2.05) is 0 Å². The molecule has 0 N–H and O–H groups in total. The van der Waals surface area contributed by atoms with Gasteiger partial charge < -0.3 is 9.47 Å². The second kappa shape index (κ2) is 3.85. The van der Waals surface area contributed by atoms with Crippen molar-refractivity contribution in [1.29, 1.82) is 0 Å². The number of esters is 2. The normalized spacial score (nSPS) is 10.2. The van der Waals surface area contributed by atoms with Crippen LogP contribution in [-0.4, -0.2) is 24.0 Å². The summed E-state index contributed by atoms with van der Waals surface area (Å²) in [6.45, 7) is 3.32. The molecule has 0 unspecified atom stereocenters. The van der Waals surface area contributed by atoms with Gasteiger partial charge in [-0.2, -0.15) is 0 Å². The molecular formula is C7H9O5. The number of ether oxygens (including phenoxy) is 2. The summed E-state index contributed by atoms with van der Waals surface area (Å²) in [5, 5.41) is 0. The average Bonchev–Trinajstić information content (AvgIpc) is 1.83. The topological polar surface area (TPSA) is 69.7 Å². The molecule has 0 spiro atoms. The molecule has 12 heavy (non-hydrogen) atoms. The van der Waals surface area contributed by atoms with Gasteiger partial charge in [0.1, 0.15) is 0 Å². The van der Waals surface area contributed by atoms with Gasteiger partial charge in [0.05, 0.1) is 0 Å². The first kappa shape index (κ1) is 10.6. The maximum atomic E-state index is 10.4. The number of hydrogen-bond donors (Lipinski definition) is 0. The second-order valence-electron chi connectivity index (χ2n) is 2.24. The van der Waals surface area contributed by atoms with Crippen molar-refractivity contribution >= 4 is 18.2 Å². The van der Waals surface area contributed by atoms with E-state index in [1.54, 1.807) is 0 Å². The molecule has 0 aliphatic carbocycles. The lowest BCUT2D eigenvalue weighted by atomic mass is 10.3. The van der Waals surface area contributed by atoms with E-state index in [1.165, 1.54) is 6.29 Å². The maximum Gasteiger partial charge on any atom is 0.321 e. The van der Waals surface area contributed by atoms with E-state index < -0.39 is 17.7 Å². The van der Waals surface area contributed by atoms with Gasteiger partial charge in [0.25, 0.3) is 6.29 Å². The Morgan fingerprint density at radius 2 is 1.50 bits per heavy atom. The van der Waals surface area contributed by atoms with Crippen LogP contribution in [0.15, 0.2) is 0 Å². The Balaban J connectivity index is 4.33. The van der Waals surface area contributed by atoms with Crippen LogP contribution >= 0.6 is 0 Å². The molecule has 0 rings (SSSR count). The smallest absolute Gasteiger partial charge is 0.321 e. The lowest BCUT2D eigenvalue weighted by Crippen LogP contribution is -2.37. The van der Waals surface area contributed by atoms with E-state index in [0.29, 0.717) is 0 Å². The average molecular weight is 173 g/mol. The van der Waals surface area contributed by atoms with Gasteiger partial charge in [0.2, 0.25) is 0 Å². The first-order valence-electron chi connectivity index (χ1n) is 3.18. The van der Waals surface area contributed by atoms with E-state index in [4.69, 9.17) is 0 Å². The van der Waals surface area contributed by atoms with Gasteiger partial charge in [0, 0.05) is 20.8 Å². The molecule has 0 aliphatic heterocycles. The van der Waals surface area contributed by atoms with Gasteiger partial charge in [-0.25, -0.2) is 0 Å². The van der Waals surface area contributed by atoms with Gasteiger partial charge in [-0.05, 0) is 0 Å². The largest absolute Gasteiger partial charge is 0.415 e. The van der Waals surface area contributed by atoms with E-state index in [0.717, 1.165) is 20.8 Å². The summed E-state index contributed by atoms with van der Waals surface area (Å²) in [5.74, 6) is -3.36. The van der Waals surface area contributed by atoms with Crippen molar-refractivity contribution in [3.05, 3.63) is 0 Å². The second-order valence-corrected chi connectivity index (χ2v) is 2.24. The Labute approximate surface area is 69.6 Å². The molecule has 0 saturated carbocycles. The third-order valence-corrected chi connectivity index (χ3v) is 0.862. The lowest BCUT2D eigenvalue weighted by molar-refractivity contribution is -0.197. The van der Waals surface area contributed by atoms with Crippen molar-refractivity contribution in [2.75, 3.05) is 0 Å². The molecule has 0 bridgehead atoms. The van der Waals surface area contributed by atoms with Crippen LogP contribution in [0.1, 0.15) is 20.8 Å². The summed E-state index contributed by atoms with van der Waals surface area (Å²) in [6, 6.07) is 0. The molecule has 0 aliphatic rings. The maximum absolute atomic E-state index is 10.4. The summed E-state index contributed by atoms with van der Waals surface area (Å²) >= 11 is 0. The van der Waals surface area contributed by atoms with Crippen molar-refractivity contribution in [3.63, 3.8) is 0 Å². The molecule has 0 saturated heterocycles. The number of carbonyl (C=O) groups is 2. The van der Waals surface area contributed by atoms with Crippen LogP contribution in [0.25, 0.3) is 0 Å². The Morgan fingerprint density at radius 1 is 1.17 bits per heavy atom. The van der Waals surface area contributed by atoms with Crippen molar-refractivity contribution in [3.8, 4) is 0 Å². The molecule has 0 amide bonds. The molecule has 0 aromatic heterocycles. The number of hydrogen-bond acceptors (Lipinski definition) is 5. The van der Waals surface area contributed by atoms with Gasteiger partial charge in [0.15, 0.2) is 0 Å². The van der Waals surface area contributed by atoms with Gasteiger partial charge in [-0.3, -0.25) is 14.4 Å². The standard InChI is InChI=1S/C7H9O5/c1-5(9)11-7(3,4-8)12-6(2)10/h1-3H3. The Hall–Kier alpha value is -1.39. The van der Waals surface area contributed by atoms with Gasteiger partial charge >= 0.3 is 17.7 Å². The van der Waals surface area contributed by atoms with Crippen LogP contribution in [0.3, 0.4) is 0 Å². The van der Waals surface area contributed by atoms with Crippen LogP contribution in [0.2, 0.25) is 0 Å². The zero-order chi connectivity index (χ0) is 9.78. The minimum Gasteiger partial charge on any atom is -0.415 e. The first-order valence-corrected chi connectivity index (χ1v) is 3.18. The van der Waals surface area contributed by atoms with E-state index in [2.05, 4.69) is 9.47 Å². The minimum absolute atomic E-state index is 0.720. The predicted molar refractivity (Wildman–Crippen MR) is 37.6 cm³/mol. The number of carbonyl (C=O) groups excluding carboxylic acids is 3. The highest BCUT2D eigenvalue weighted by molar-refractivity contribution is 5.75. The molecular weight excluding hydrogens is 164 g/mol. The Morgan fingerprint density at radius 3 is 1.67 bits per heavy atom. The highest BCUT2D eigenvalue weighted by Gasteiger charge is 2.31. The predicted octanol–water partition coefficient (Wildman–Crippen LogP) is -0.0615. The molecule has 67 valence electrons. The van der Waals surface area contributed by atoms with Crippen molar-refractivity contribution in [2.24, 2.45) is 0 Å². The molecule has 0 fully saturated rings. The number of rotatable bonds is 3. The lowest BCUT2D eigenvalue weighted by Gasteiger charge is -2.20. The summed E-state index contributed by atoms with van der Waals surface area (Å²) < 4.78 is 8.78. The monoisotopic (exact) mass is 173 g/mol. The zero-order valence-electron chi connectivity index (χ0n) is 7.04. The van der Waals surface area contributed by atoms with Crippen LogP contribution < -0.4 is 0 Å². The molecule has 1 radical (unpaired) electrons.